The van der Waals surface area contributed by atoms with E-state index in [1.807, 2.05) is 0 Å². The Labute approximate surface area is 141 Å². The van der Waals surface area contributed by atoms with Gasteiger partial charge < -0.3 is 9.32 Å². The third kappa shape index (κ3) is 3.25. The molecule has 0 bridgehead atoms. The summed E-state index contributed by atoms with van der Waals surface area (Å²) in [5, 5.41) is 7.30. The molecule has 0 spiro atoms. The molecule has 0 unspecified atom stereocenters. The second kappa shape index (κ2) is 6.19. The minimum Gasteiger partial charge on any atom is -0.417 e. The van der Waals surface area contributed by atoms with Crippen molar-refractivity contribution in [3.05, 3.63) is 28.3 Å². The fourth-order valence-electron chi connectivity index (χ4n) is 2.21. The molecule has 23 heavy (non-hydrogen) atoms. The molecular weight excluding hydrogens is 364 g/mol. The molecule has 0 radical (unpaired) electrons. The van der Waals surface area contributed by atoms with E-state index in [-0.39, 0.29) is 42.2 Å². The van der Waals surface area contributed by atoms with Gasteiger partial charge in [-0.2, -0.15) is 4.31 Å². The lowest BCUT2D eigenvalue weighted by Crippen LogP contribution is -2.50. The number of nitrogens with zero attached hydrogens (tertiary/aromatic N) is 4. The zero-order valence-corrected chi connectivity index (χ0v) is 14.5. The van der Waals surface area contributed by atoms with Gasteiger partial charge in [0.05, 0.1) is 4.34 Å². The Morgan fingerprint density at radius 2 is 1.96 bits per heavy atom. The number of hydrogen-bond donors (Lipinski definition) is 0. The monoisotopic (exact) mass is 376 g/mol. The SMILES string of the molecule is Cc1nnc(C(=O)N2CCN(S(=O)(=O)c3ccc(Cl)s3)CC2)o1. The number of halogens is 1. The minimum atomic E-state index is -3.57. The maximum atomic E-state index is 12.5. The normalized spacial score (nSPS) is 16.7. The van der Waals surface area contributed by atoms with Gasteiger partial charge in [0.15, 0.2) is 0 Å². The molecular formula is C12H13ClN4O4S2. The van der Waals surface area contributed by atoms with Crippen molar-refractivity contribution >= 4 is 38.9 Å². The molecule has 1 amide bonds. The van der Waals surface area contributed by atoms with Crippen LogP contribution in [0.3, 0.4) is 0 Å². The van der Waals surface area contributed by atoms with E-state index in [0.29, 0.717) is 10.2 Å². The maximum Gasteiger partial charge on any atom is 0.311 e. The number of piperazine rings is 1. The van der Waals surface area contributed by atoms with Gasteiger partial charge in [0.25, 0.3) is 10.0 Å². The van der Waals surface area contributed by atoms with E-state index in [4.69, 9.17) is 16.0 Å². The molecule has 0 atom stereocenters. The first-order chi connectivity index (χ1) is 10.9. The number of carbonyl (C=O) groups is 1. The summed E-state index contributed by atoms with van der Waals surface area (Å²) in [6.45, 7) is 2.53. The molecule has 0 saturated carbocycles. The van der Waals surface area contributed by atoms with Crippen molar-refractivity contribution in [3.8, 4) is 0 Å². The molecule has 0 aliphatic carbocycles. The predicted molar refractivity (Wildman–Crippen MR) is 83.0 cm³/mol. The Morgan fingerprint density at radius 1 is 1.26 bits per heavy atom. The van der Waals surface area contributed by atoms with Crippen LogP contribution in [0.25, 0.3) is 0 Å². The van der Waals surface area contributed by atoms with E-state index < -0.39 is 10.0 Å². The van der Waals surface area contributed by atoms with Crippen LogP contribution in [0.5, 0.6) is 0 Å². The molecule has 1 aliphatic rings. The van der Waals surface area contributed by atoms with E-state index in [1.54, 1.807) is 13.0 Å². The van der Waals surface area contributed by atoms with Crippen molar-refractivity contribution in [3.63, 3.8) is 0 Å². The van der Waals surface area contributed by atoms with Crippen LogP contribution >= 0.6 is 22.9 Å². The second-order valence-corrected chi connectivity index (χ2v) is 8.76. The molecule has 124 valence electrons. The Kier molecular flexibility index (Phi) is 4.41. The first-order valence-electron chi connectivity index (χ1n) is 6.73. The van der Waals surface area contributed by atoms with E-state index >= 15 is 0 Å². The Bertz CT molecular complexity index is 824. The van der Waals surface area contributed by atoms with Crippen LogP contribution in [0, 0.1) is 6.92 Å². The van der Waals surface area contributed by atoms with E-state index in [0.717, 1.165) is 11.3 Å². The summed E-state index contributed by atoms with van der Waals surface area (Å²) in [4.78, 5) is 13.7. The average molecular weight is 377 g/mol. The highest BCUT2D eigenvalue weighted by Crippen LogP contribution is 2.28. The predicted octanol–water partition coefficient (Wildman–Crippen LogP) is 1.24. The zero-order valence-electron chi connectivity index (χ0n) is 12.1. The zero-order chi connectivity index (χ0) is 16.6. The number of thiophene rings is 1. The third-order valence-corrected chi connectivity index (χ3v) is 6.97. The summed E-state index contributed by atoms with van der Waals surface area (Å²) < 4.78 is 32.0. The minimum absolute atomic E-state index is 0.0798. The highest BCUT2D eigenvalue weighted by molar-refractivity contribution is 7.91. The largest absolute Gasteiger partial charge is 0.417 e. The lowest BCUT2D eigenvalue weighted by molar-refractivity contribution is 0.0656. The summed E-state index contributed by atoms with van der Waals surface area (Å²) in [5.41, 5.74) is 0. The van der Waals surface area contributed by atoms with Gasteiger partial charge in [0.1, 0.15) is 4.21 Å². The van der Waals surface area contributed by atoms with E-state index in [1.165, 1.54) is 15.3 Å². The fourth-order valence-corrected chi connectivity index (χ4v) is 5.27. The van der Waals surface area contributed by atoms with Crippen LogP contribution in [0.4, 0.5) is 0 Å². The van der Waals surface area contributed by atoms with Gasteiger partial charge in [0.2, 0.25) is 5.89 Å². The summed E-state index contributed by atoms with van der Waals surface area (Å²) in [6.07, 6.45) is 0. The van der Waals surface area contributed by atoms with Crippen LogP contribution in [-0.4, -0.2) is 59.9 Å². The quantitative estimate of drug-likeness (QED) is 0.799. The summed E-state index contributed by atoms with van der Waals surface area (Å²) in [6, 6.07) is 3.04. The molecule has 0 N–H and O–H groups in total. The molecule has 2 aromatic heterocycles. The standard InChI is InChI=1S/C12H13ClN4O4S2/c1-8-14-15-11(21-8)12(18)16-4-6-17(7-5-16)23(19,20)10-3-2-9(13)22-10/h2-3H,4-7H2,1H3. The van der Waals surface area contributed by atoms with E-state index in [2.05, 4.69) is 10.2 Å². The van der Waals surface area contributed by atoms with Crippen molar-refractivity contribution in [2.45, 2.75) is 11.1 Å². The van der Waals surface area contributed by atoms with Crippen LogP contribution in [0.2, 0.25) is 4.34 Å². The van der Waals surface area contributed by atoms with Gasteiger partial charge >= 0.3 is 11.8 Å². The van der Waals surface area contributed by atoms with Crippen molar-refractivity contribution in [2.75, 3.05) is 26.2 Å². The van der Waals surface area contributed by atoms with Gasteiger partial charge in [-0.25, -0.2) is 8.42 Å². The van der Waals surface area contributed by atoms with Crippen molar-refractivity contribution < 1.29 is 17.6 Å². The maximum absolute atomic E-state index is 12.5. The lowest BCUT2D eigenvalue weighted by atomic mass is 10.3. The smallest absolute Gasteiger partial charge is 0.311 e. The number of amides is 1. The lowest BCUT2D eigenvalue weighted by Gasteiger charge is -2.32. The number of sulfonamides is 1. The molecule has 3 rings (SSSR count). The number of aryl methyl sites for hydroxylation is 1. The molecule has 2 aromatic rings. The van der Waals surface area contributed by atoms with Gasteiger partial charge in [-0.05, 0) is 12.1 Å². The van der Waals surface area contributed by atoms with Crippen LogP contribution in [0.15, 0.2) is 20.8 Å². The molecule has 11 heteroatoms. The average Bonchev–Trinajstić information content (AvgIpc) is 3.15. The molecule has 8 nitrogen and oxygen atoms in total. The van der Waals surface area contributed by atoms with E-state index in [9.17, 15) is 13.2 Å². The summed E-state index contributed by atoms with van der Waals surface area (Å²) >= 11 is 6.82. The highest BCUT2D eigenvalue weighted by Gasteiger charge is 2.32. The molecule has 3 heterocycles. The van der Waals surface area contributed by atoms with Crippen molar-refractivity contribution in [1.82, 2.24) is 19.4 Å². The third-order valence-electron chi connectivity index (χ3n) is 3.38. The first kappa shape index (κ1) is 16.4. The fraction of sp³-hybridized carbons (Fsp3) is 0.417. The molecule has 0 aromatic carbocycles. The topological polar surface area (TPSA) is 96.6 Å². The summed E-state index contributed by atoms with van der Waals surface area (Å²) in [7, 11) is -3.57. The van der Waals surface area contributed by atoms with Gasteiger partial charge in [0, 0.05) is 33.1 Å². The Hall–Kier alpha value is -1.49. The van der Waals surface area contributed by atoms with Crippen molar-refractivity contribution in [2.24, 2.45) is 0 Å². The number of aromatic nitrogens is 2. The second-order valence-electron chi connectivity index (χ2n) is 4.88. The molecule has 1 saturated heterocycles. The van der Waals surface area contributed by atoms with Gasteiger partial charge in [-0.15, -0.1) is 21.5 Å². The van der Waals surface area contributed by atoms with Gasteiger partial charge in [-0.3, -0.25) is 4.79 Å². The molecule has 1 aliphatic heterocycles. The Balaban J connectivity index is 1.67. The van der Waals surface area contributed by atoms with Crippen LogP contribution in [0.1, 0.15) is 16.6 Å². The van der Waals surface area contributed by atoms with Crippen LogP contribution in [-0.2, 0) is 10.0 Å². The van der Waals surface area contributed by atoms with Gasteiger partial charge in [-0.1, -0.05) is 11.6 Å². The Morgan fingerprint density at radius 3 is 2.48 bits per heavy atom. The van der Waals surface area contributed by atoms with Crippen LogP contribution < -0.4 is 0 Å². The first-order valence-corrected chi connectivity index (χ1v) is 9.36. The number of carbonyl (C=O) groups excluding carboxylic acids is 1. The highest BCUT2D eigenvalue weighted by atomic mass is 35.5. The van der Waals surface area contributed by atoms with Crippen molar-refractivity contribution in [1.29, 1.82) is 0 Å². The number of rotatable bonds is 3. The molecule has 1 fully saturated rings. The summed E-state index contributed by atoms with van der Waals surface area (Å²) in [5.74, 6) is -0.158. The number of hydrogen-bond acceptors (Lipinski definition) is 7.